The van der Waals surface area contributed by atoms with Crippen molar-refractivity contribution in [3.05, 3.63) is 29.5 Å². The van der Waals surface area contributed by atoms with Crippen LogP contribution in [0.1, 0.15) is 41.2 Å². The summed E-state index contributed by atoms with van der Waals surface area (Å²) in [4.78, 5) is 38.1. The molecule has 3 fully saturated rings. The van der Waals surface area contributed by atoms with Crippen LogP contribution in [0.15, 0.2) is 18.2 Å². The lowest BCUT2D eigenvalue weighted by Gasteiger charge is -2.51. The maximum absolute atomic E-state index is 12.4. The maximum Gasteiger partial charge on any atom is 0.410 e. The minimum Gasteiger partial charge on any atom is -0.496 e. The molecule has 2 saturated heterocycles. The van der Waals surface area contributed by atoms with E-state index in [1.807, 2.05) is 0 Å². The Hall–Kier alpha value is -3.80. The topological polar surface area (TPSA) is 141 Å². The average molecular weight is 501 g/mol. The molecular weight excluding hydrogens is 472 g/mol. The molecule has 2 amide bonds. The molecule has 12 heteroatoms. The molecule has 1 aliphatic carbocycles. The van der Waals surface area contributed by atoms with E-state index < -0.39 is 5.91 Å². The summed E-state index contributed by atoms with van der Waals surface area (Å²) >= 11 is 0. The van der Waals surface area contributed by atoms with Crippen molar-refractivity contribution in [2.45, 2.75) is 43.4 Å². The number of amides is 2. The average Bonchev–Trinajstić information content (AvgIpc) is 3.31. The second-order valence-electron chi connectivity index (χ2n) is 9.07. The Morgan fingerprint density at radius 1 is 1.14 bits per heavy atom. The number of benzene rings is 1. The zero-order chi connectivity index (χ0) is 25.2. The second-order valence-corrected chi connectivity index (χ2v) is 9.07. The number of aldehydes is 1. The molecule has 1 aromatic heterocycles. The zero-order valence-corrected chi connectivity index (χ0v) is 20.0. The molecule has 1 aromatic carbocycles. The number of H-pyrrole nitrogens is 1. The van der Waals surface area contributed by atoms with E-state index in [2.05, 4.69) is 15.5 Å². The third-order valence-electron chi connectivity index (χ3n) is 6.84. The largest absolute Gasteiger partial charge is 0.496 e. The van der Waals surface area contributed by atoms with Gasteiger partial charge in [-0.3, -0.25) is 19.6 Å². The van der Waals surface area contributed by atoms with E-state index in [0.717, 1.165) is 12.1 Å². The van der Waals surface area contributed by atoms with Gasteiger partial charge in [-0.1, -0.05) is 0 Å². The molecule has 2 unspecified atom stereocenters. The first-order valence-electron chi connectivity index (χ1n) is 11.7. The second kappa shape index (κ2) is 10.1. The SMILES string of the molecule is COc1cc(OC)c(C=O)c(OCC(=O)Nc2cc(C3CC(OC(=O)N4C5COCC4C5)C3)[nH]n2)c1. The van der Waals surface area contributed by atoms with Gasteiger partial charge in [-0.2, -0.15) is 5.10 Å². The van der Waals surface area contributed by atoms with Crippen LogP contribution in [-0.4, -0.2) is 85.6 Å². The van der Waals surface area contributed by atoms with E-state index in [1.54, 1.807) is 17.0 Å². The van der Waals surface area contributed by atoms with E-state index in [-0.39, 0.29) is 53.9 Å². The van der Waals surface area contributed by atoms with Gasteiger partial charge in [0.2, 0.25) is 0 Å². The van der Waals surface area contributed by atoms with Crippen molar-refractivity contribution >= 4 is 24.1 Å². The molecule has 12 nitrogen and oxygen atoms in total. The van der Waals surface area contributed by atoms with Crippen molar-refractivity contribution in [3.63, 3.8) is 0 Å². The molecule has 3 aliphatic rings. The van der Waals surface area contributed by atoms with Crippen molar-refractivity contribution < 1.29 is 38.1 Å². The van der Waals surface area contributed by atoms with Crippen LogP contribution >= 0.6 is 0 Å². The first-order valence-corrected chi connectivity index (χ1v) is 11.7. The Labute approximate surface area is 207 Å². The van der Waals surface area contributed by atoms with Crippen LogP contribution in [0, 0.1) is 0 Å². The van der Waals surface area contributed by atoms with Crippen molar-refractivity contribution in [1.82, 2.24) is 15.1 Å². The molecule has 2 N–H and O–H groups in total. The number of aromatic amines is 1. The molecule has 3 heterocycles. The summed E-state index contributed by atoms with van der Waals surface area (Å²) in [5.74, 6) is 0.945. The van der Waals surface area contributed by atoms with E-state index >= 15 is 0 Å². The first kappa shape index (κ1) is 23.9. The van der Waals surface area contributed by atoms with E-state index in [4.69, 9.17) is 23.7 Å². The minimum atomic E-state index is -0.448. The summed E-state index contributed by atoms with van der Waals surface area (Å²) in [7, 11) is 2.90. The van der Waals surface area contributed by atoms with Crippen LogP contribution in [0.2, 0.25) is 0 Å². The van der Waals surface area contributed by atoms with Gasteiger partial charge in [0.05, 0.1) is 45.1 Å². The summed E-state index contributed by atoms with van der Waals surface area (Å²) < 4.78 is 27.0. The predicted molar refractivity (Wildman–Crippen MR) is 125 cm³/mol. The summed E-state index contributed by atoms with van der Waals surface area (Å²) in [6.45, 7) is 0.821. The lowest BCUT2D eigenvalue weighted by Crippen LogP contribution is -2.66. The highest BCUT2D eigenvalue weighted by Crippen LogP contribution is 2.40. The lowest BCUT2D eigenvalue weighted by atomic mass is 9.80. The summed E-state index contributed by atoms with van der Waals surface area (Å²) in [6.07, 6.45) is 2.57. The number of methoxy groups -OCH3 is 2. The Balaban J connectivity index is 1.09. The summed E-state index contributed by atoms with van der Waals surface area (Å²) in [5.41, 5.74) is 1.03. The number of hydrogen-bond donors (Lipinski definition) is 2. The normalized spacial score (nSPS) is 24.1. The van der Waals surface area contributed by atoms with Crippen LogP contribution in [0.4, 0.5) is 10.6 Å². The number of anilines is 1. The highest BCUT2D eigenvalue weighted by molar-refractivity contribution is 5.91. The number of aromatic nitrogens is 2. The smallest absolute Gasteiger partial charge is 0.410 e. The summed E-state index contributed by atoms with van der Waals surface area (Å²) in [6, 6.07) is 5.10. The number of carbonyl (C=O) groups excluding carboxylic acids is 3. The zero-order valence-electron chi connectivity index (χ0n) is 20.0. The highest BCUT2D eigenvalue weighted by Gasteiger charge is 2.47. The molecule has 2 bridgehead atoms. The van der Waals surface area contributed by atoms with Gasteiger partial charge >= 0.3 is 6.09 Å². The van der Waals surface area contributed by atoms with Gasteiger partial charge in [0.1, 0.15) is 23.4 Å². The van der Waals surface area contributed by atoms with E-state index in [0.29, 0.717) is 43.9 Å². The number of carbonyl (C=O) groups is 3. The summed E-state index contributed by atoms with van der Waals surface area (Å²) in [5, 5.41) is 9.74. The monoisotopic (exact) mass is 500 g/mol. The van der Waals surface area contributed by atoms with Gasteiger partial charge in [0.15, 0.2) is 18.7 Å². The van der Waals surface area contributed by atoms with Crippen LogP contribution < -0.4 is 19.5 Å². The Morgan fingerprint density at radius 2 is 1.89 bits per heavy atom. The van der Waals surface area contributed by atoms with Crippen molar-refractivity contribution in [2.24, 2.45) is 0 Å². The standard InChI is InChI=1S/C24H28N4O8/c1-32-16-6-20(33-2)18(9-29)21(7-16)35-12-23(30)25-22-8-19(26-27-22)13-3-17(4-13)36-24(31)28-14-5-15(28)11-34-10-14/h6-9,13-15,17H,3-5,10-12H2,1-2H3,(H2,25,26,27,30). The molecule has 0 radical (unpaired) electrons. The first-order chi connectivity index (χ1) is 17.5. The number of fused-ring (bicyclic) bond motifs is 2. The van der Waals surface area contributed by atoms with Gasteiger partial charge in [0.25, 0.3) is 5.91 Å². The number of nitrogens with one attached hydrogen (secondary N) is 2. The van der Waals surface area contributed by atoms with Crippen molar-refractivity contribution in [2.75, 3.05) is 39.4 Å². The van der Waals surface area contributed by atoms with E-state index in [1.165, 1.54) is 20.3 Å². The third kappa shape index (κ3) is 4.68. The molecule has 2 aromatic rings. The Morgan fingerprint density at radius 3 is 2.56 bits per heavy atom. The molecular formula is C24H28N4O8. The van der Waals surface area contributed by atoms with Gasteiger partial charge in [-0.25, -0.2) is 4.79 Å². The fraction of sp³-hybridized carbons (Fsp3) is 0.500. The van der Waals surface area contributed by atoms with E-state index in [9.17, 15) is 14.4 Å². The van der Waals surface area contributed by atoms with Crippen LogP contribution in [0.25, 0.3) is 0 Å². The predicted octanol–water partition coefficient (Wildman–Crippen LogP) is 2.11. The van der Waals surface area contributed by atoms with Gasteiger partial charge in [-0.15, -0.1) is 0 Å². The quantitative estimate of drug-likeness (QED) is 0.495. The highest BCUT2D eigenvalue weighted by atomic mass is 16.6. The Bertz CT molecular complexity index is 1130. The Kier molecular flexibility index (Phi) is 6.68. The number of morpholine rings is 1. The fourth-order valence-electron chi connectivity index (χ4n) is 4.79. The molecule has 2 atom stereocenters. The number of hydrogen-bond acceptors (Lipinski definition) is 9. The third-order valence-corrected chi connectivity index (χ3v) is 6.84. The van der Waals surface area contributed by atoms with Crippen molar-refractivity contribution in [1.29, 1.82) is 0 Å². The number of nitrogens with zero attached hydrogens (tertiary/aromatic N) is 2. The van der Waals surface area contributed by atoms with Crippen LogP contribution in [-0.2, 0) is 14.3 Å². The molecule has 192 valence electrons. The fourth-order valence-corrected chi connectivity index (χ4v) is 4.79. The molecule has 0 spiro atoms. The van der Waals surface area contributed by atoms with Crippen molar-refractivity contribution in [3.8, 4) is 17.2 Å². The molecule has 5 rings (SSSR count). The van der Waals surface area contributed by atoms with Gasteiger partial charge in [-0.05, 0) is 19.3 Å². The minimum absolute atomic E-state index is 0.133. The number of rotatable bonds is 9. The lowest BCUT2D eigenvalue weighted by molar-refractivity contribution is -0.121. The maximum atomic E-state index is 12.4. The number of ether oxygens (including phenoxy) is 5. The van der Waals surface area contributed by atoms with Gasteiger partial charge in [0, 0.05) is 29.8 Å². The molecule has 1 saturated carbocycles. The molecule has 2 aliphatic heterocycles. The van der Waals surface area contributed by atoms with Crippen LogP contribution in [0.3, 0.4) is 0 Å². The van der Waals surface area contributed by atoms with Crippen LogP contribution in [0.5, 0.6) is 17.2 Å². The van der Waals surface area contributed by atoms with Gasteiger partial charge < -0.3 is 29.0 Å². The molecule has 36 heavy (non-hydrogen) atoms.